The monoisotopic (exact) mass is 443 g/mol. The van der Waals surface area contributed by atoms with Crippen LogP contribution in [-0.2, 0) is 10.5 Å². The maximum Gasteiger partial charge on any atom is 0.311 e. The molecule has 164 valence electrons. The fraction of sp³-hybridized carbons (Fsp3) is 0.364. The molecule has 0 spiro atoms. The molecule has 8 nitrogen and oxygen atoms in total. The molecule has 1 aliphatic rings. The molecule has 1 fully saturated rings. The summed E-state index contributed by atoms with van der Waals surface area (Å²) in [6.07, 6.45) is 3.14. The number of benzene rings is 2. The Bertz CT molecular complexity index is 960. The van der Waals surface area contributed by atoms with Crippen molar-refractivity contribution in [2.24, 2.45) is 0 Å². The van der Waals surface area contributed by atoms with E-state index in [1.165, 1.54) is 24.9 Å². The second kappa shape index (κ2) is 10.8. The van der Waals surface area contributed by atoms with Crippen LogP contribution in [0.25, 0.3) is 0 Å². The molecular formula is C22H25N3O5S. The maximum absolute atomic E-state index is 12.8. The highest BCUT2D eigenvalue weighted by Gasteiger charge is 2.21. The Hall–Kier alpha value is -3.07. The van der Waals surface area contributed by atoms with Crippen molar-refractivity contribution in [2.75, 3.05) is 31.3 Å². The first-order chi connectivity index (χ1) is 15.0. The van der Waals surface area contributed by atoms with E-state index < -0.39 is 4.92 Å². The normalized spacial score (nSPS) is 13.5. The second-order valence-corrected chi connectivity index (χ2v) is 8.19. The van der Waals surface area contributed by atoms with Gasteiger partial charge in [-0.3, -0.25) is 19.7 Å². The number of amides is 2. The summed E-state index contributed by atoms with van der Waals surface area (Å²) in [5, 5.41) is 14.0. The van der Waals surface area contributed by atoms with Crippen molar-refractivity contribution >= 4 is 35.0 Å². The van der Waals surface area contributed by atoms with Crippen LogP contribution < -0.4 is 10.1 Å². The zero-order valence-corrected chi connectivity index (χ0v) is 18.2. The highest BCUT2D eigenvalue weighted by atomic mass is 32.2. The van der Waals surface area contributed by atoms with E-state index in [4.69, 9.17) is 4.74 Å². The molecule has 0 aromatic heterocycles. The standard InChI is InChI=1S/C22H25N3O5S/c1-30-20-10-9-16(13-19(20)25(28)29)14-31-15-21(26)23-18-8-4-3-7-17(18)22(27)24-11-5-2-6-12-24/h3-4,7-10,13H,2,5-6,11-12,14-15H2,1H3,(H,23,26). The van der Waals surface area contributed by atoms with Gasteiger partial charge in [0.2, 0.25) is 5.91 Å². The van der Waals surface area contributed by atoms with Crippen LogP contribution in [0.3, 0.4) is 0 Å². The molecular weight excluding hydrogens is 418 g/mol. The van der Waals surface area contributed by atoms with Crippen molar-refractivity contribution in [1.29, 1.82) is 0 Å². The first-order valence-electron chi connectivity index (χ1n) is 10.1. The minimum Gasteiger partial charge on any atom is -0.490 e. The van der Waals surface area contributed by atoms with Gasteiger partial charge in [-0.15, -0.1) is 11.8 Å². The van der Waals surface area contributed by atoms with Crippen LogP contribution in [0.2, 0.25) is 0 Å². The van der Waals surface area contributed by atoms with Gasteiger partial charge >= 0.3 is 5.69 Å². The Balaban J connectivity index is 1.58. The van der Waals surface area contributed by atoms with E-state index >= 15 is 0 Å². The molecule has 0 saturated carbocycles. The van der Waals surface area contributed by atoms with Gasteiger partial charge in [0.05, 0.1) is 29.0 Å². The predicted molar refractivity (Wildman–Crippen MR) is 121 cm³/mol. The highest BCUT2D eigenvalue weighted by molar-refractivity contribution is 7.99. The molecule has 9 heteroatoms. The van der Waals surface area contributed by atoms with Crippen molar-refractivity contribution in [2.45, 2.75) is 25.0 Å². The number of nitrogens with zero attached hydrogens (tertiary/aromatic N) is 2. The number of nitrogens with one attached hydrogen (secondary N) is 1. The van der Waals surface area contributed by atoms with Crippen molar-refractivity contribution in [3.63, 3.8) is 0 Å². The SMILES string of the molecule is COc1ccc(CSCC(=O)Nc2ccccc2C(=O)N2CCCCC2)cc1[N+](=O)[O-]. The smallest absolute Gasteiger partial charge is 0.311 e. The number of nitro benzene ring substituents is 1. The van der Waals surface area contributed by atoms with Crippen LogP contribution in [0.4, 0.5) is 11.4 Å². The number of ether oxygens (including phenoxy) is 1. The lowest BCUT2D eigenvalue weighted by atomic mass is 10.1. The lowest BCUT2D eigenvalue weighted by molar-refractivity contribution is -0.385. The van der Waals surface area contributed by atoms with Crippen molar-refractivity contribution < 1.29 is 19.2 Å². The summed E-state index contributed by atoms with van der Waals surface area (Å²) in [5.74, 6) is 0.505. The Morgan fingerprint density at radius 2 is 1.90 bits per heavy atom. The number of likely N-dealkylation sites (tertiary alicyclic amines) is 1. The zero-order valence-electron chi connectivity index (χ0n) is 17.3. The average Bonchev–Trinajstić information content (AvgIpc) is 2.79. The van der Waals surface area contributed by atoms with Gasteiger partial charge in [0, 0.05) is 24.9 Å². The van der Waals surface area contributed by atoms with Gasteiger partial charge in [0.25, 0.3) is 5.91 Å². The molecule has 31 heavy (non-hydrogen) atoms. The summed E-state index contributed by atoms with van der Waals surface area (Å²) in [4.78, 5) is 37.8. The quantitative estimate of drug-likeness (QED) is 0.487. The summed E-state index contributed by atoms with van der Waals surface area (Å²) >= 11 is 1.34. The molecule has 1 N–H and O–H groups in total. The minimum absolute atomic E-state index is 0.0613. The van der Waals surface area contributed by atoms with Crippen LogP contribution in [-0.4, -0.2) is 47.6 Å². The third-order valence-corrected chi connectivity index (χ3v) is 6.02. The molecule has 2 aromatic carbocycles. The van der Waals surface area contributed by atoms with Gasteiger partial charge in [0.1, 0.15) is 0 Å². The molecule has 3 rings (SSSR count). The van der Waals surface area contributed by atoms with Crippen LogP contribution in [0.5, 0.6) is 5.75 Å². The Labute approximate surface area is 185 Å². The van der Waals surface area contributed by atoms with Gasteiger partial charge in [-0.1, -0.05) is 18.2 Å². The van der Waals surface area contributed by atoms with Gasteiger partial charge < -0.3 is 15.0 Å². The number of rotatable bonds is 8. The fourth-order valence-corrected chi connectivity index (χ4v) is 4.24. The molecule has 0 aliphatic carbocycles. The zero-order chi connectivity index (χ0) is 22.2. The number of carbonyl (C=O) groups is 2. The molecule has 1 aliphatic heterocycles. The van der Waals surface area contributed by atoms with Gasteiger partial charge in [-0.05, 0) is 43.0 Å². The first kappa shape index (κ1) is 22.6. The Morgan fingerprint density at radius 1 is 1.16 bits per heavy atom. The van der Waals surface area contributed by atoms with Crippen LogP contribution in [0.15, 0.2) is 42.5 Å². The van der Waals surface area contributed by atoms with Crippen molar-refractivity contribution in [1.82, 2.24) is 4.90 Å². The lowest BCUT2D eigenvalue weighted by Gasteiger charge is -2.27. The van der Waals surface area contributed by atoms with E-state index in [9.17, 15) is 19.7 Å². The first-order valence-corrected chi connectivity index (χ1v) is 11.2. The number of hydrogen-bond donors (Lipinski definition) is 1. The Morgan fingerprint density at radius 3 is 2.61 bits per heavy atom. The number of methoxy groups -OCH3 is 1. The predicted octanol–water partition coefficient (Wildman–Crippen LogP) is 4.10. The van der Waals surface area contributed by atoms with Crippen molar-refractivity contribution in [3.8, 4) is 5.75 Å². The summed E-state index contributed by atoms with van der Waals surface area (Å²) in [7, 11) is 1.38. The third kappa shape index (κ3) is 5.97. The minimum atomic E-state index is -0.490. The summed E-state index contributed by atoms with van der Waals surface area (Å²) < 4.78 is 5.00. The number of piperidine rings is 1. The van der Waals surface area contributed by atoms with E-state index in [2.05, 4.69) is 5.32 Å². The van der Waals surface area contributed by atoms with Gasteiger partial charge in [-0.25, -0.2) is 0 Å². The number of thioether (sulfide) groups is 1. The van der Waals surface area contributed by atoms with Crippen LogP contribution >= 0.6 is 11.8 Å². The van der Waals surface area contributed by atoms with E-state index in [1.807, 2.05) is 4.90 Å². The number of carbonyl (C=O) groups excluding carboxylic acids is 2. The number of nitro groups is 1. The summed E-state index contributed by atoms with van der Waals surface area (Å²) in [5.41, 5.74) is 1.62. The summed E-state index contributed by atoms with van der Waals surface area (Å²) in [6, 6.07) is 11.8. The average molecular weight is 444 g/mol. The molecule has 1 heterocycles. The molecule has 2 amide bonds. The largest absolute Gasteiger partial charge is 0.490 e. The molecule has 0 bridgehead atoms. The molecule has 2 aromatic rings. The molecule has 1 saturated heterocycles. The number of anilines is 1. The van der Waals surface area contributed by atoms with Crippen LogP contribution in [0.1, 0.15) is 35.2 Å². The number of hydrogen-bond acceptors (Lipinski definition) is 6. The van der Waals surface area contributed by atoms with Crippen molar-refractivity contribution in [3.05, 3.63) is 63.7 Å². The van der Waals surface area contributed by atoms with Gasteiger partial charge in [-0.2, -0.15) is 0 Å². The van der Waals surface area contributed by atoms with Crippen LogP contribution in [0, 0.1) is 10.1 Å². The molecule has 0 atom stereocenters. The molecule has 0 unspecified atom stereocenters. The second-order valence-electron chi connectivity index (χ2n) is 7.20. The lowest BCUT2D eigenvalue weighted by Crippen LogP contribution is -2.36. The maximum atomic E-state index is 12.8. The topological polar surface area (TPSA) is 102 Å². The van der Waals surface area contributed by atoms with E-state index in [0.717, 1.165) is 37.9 Å². The molecule has 0 radical (unpaired) electrons. The Kier molecular flexibility index (Phi) is 7.88. The number of para-hydroxylation sites is 1. The highest BCUT2D eigenvalue weighted by Crippen LogP contribution is 2.29. The van der Waals surface area contributed by atoms with E-state index in [1.54, 1.807) is 36.4 Å². The third-order valence-electron chi connectivity index (χ3n) is 5.02. The fourth-order valence-electron chi connectivity index (χ4n) is 3.46. The van der Waals surface area contributed by atoms with E-state index in [0.29, 0.717) is 17.0 Å². The van der Waals surface area contributed by atoms with Gasteiger partial charge in [0.15, 0.2) is 5.75 Å². The van der Waals surface area contributed by atoms with E-state index in [-0.39, 0.29) is 29.0 Å². The summed E-state index contributed by atoms with van der Waals surface area (Å²) in [6.45, 7) is 1.48.